The molecule has 0 fully saturated rings. The van der Waals surface area contributed by atoms with Crippen LogP contribution in [0.15, 0.2) is 18.2 Å². The van der Waals surface area contributed by atoms with Gasteiger partial charge in [0.15, 0.2) is 0 Å². The lowest BCUT2D eigenvalue weighted by Crippen LogP contribution is -1.81. The van der Waals surface area contributed by atoms with Crippen LogP contribution in [0, 0.1) is 0 Å². The summed E-state index contributed by atoms with van der Waals surface area (Å²) in [5, 5.41) is 2.02. The third kappa shape index (κ3) is 1.56. The number of methoxy groups -OCH3 is 1. The predicted molar refractivity (Wildman–Crippen MR) is 58.8 cm³/mol. The molecule has 0 aliphatic rings. The second kappa shape index (κ2) is 3.64. The van der Waals surface area contributed by atoms with Crippen molar-refractivity contribution in [2.75, 3.05) is 7.11 Å². The molecule has 1 heterocycles. The van der Waals surface area contributed by atoms with Crippen LogP contribution in [0.25, 0.3) is 10.1 Å². The molecule has 4 heteroatoms. The van der Waals surface area contributed by atoms with E-state index in [9.17, 15) is 0 Å². The summed E-state index contributed by atoms with van der Waals surface area (Å²) < 4.78 is 10.6. The van der Waals surface area contributed by atoms with Crippen molar-refractivity contribution >= 4 is 37.5 Å². The molecule has 0 saturated carbocycles. The molecule has 0 radical (unpaired) electrons. The van der Waals surface area contributed by atoms with Crippen LogP contribution < -0.4 is 4.74 Å². The Bertz CT molecular complexity index is 426. The highest BCUT2D eigenvalue weighted by atomic mass is 79.9. The van der Waals surface area contributed by atoms with Crippen LogP contribution in [0.4, 0.5) is 0 Å². The summed E-state index contributed by atoms with van der Waals surface area (Å²) in [7, 11) is 1.67. The molecule has 68 valence electrons. The molecule has 0 aliphatic heterocycles. The summed E-state index contributed by atoms with van der Waals surface area (Å²) >= 11 is 4.91. The fourth-order valence-corrected chi connectivity index (χ4v) is 2.61. The minimum absolute atomic E-state index is 0.805. The second-order valence-corrected chi connectivity index (χ2v) is 3.99. The number of aromatic nitrogens is 1. The molecule has 0 unspecified atom stereocenters. The van der Waals surface area contributed by atoms with Crippen LogP contribution in [0.5, 0.6) is 5.75 Å². The summed E-state index contributed by atoms with van der Waals surface area (Å²) in [6.07, 6.45) is 0. The first-order valence-corrected chi connectivity index (χ1v) is 5.73. The van der Waals surface area contributed by atoms with Crippen molar-refractivity contribution < 1.29 is 4.74 Å². The van der Waals surface area contributed by atoms with Crippen molar-refractivity contribution in [3.8, 4) is 5.75 Å². The van der Waals surface area contributed by atoms with Crippen LogP contribution in [0.1, 0.15) is 5.69 Å². The largest absolute Gasteiger partial charge is 0.497 e. The van der Waals surface area contributed by atoms with Crippen LogP contribution in [-0.2, 0) is 5.33 Å². The summed E-state index contributed by atoms with van der Waals surface area (Å²) in [6, 6.07) is 6.02. The third-order valence-corrected chi connectivity index (χ3v) is 3.26. The average Bonchev–Trinajstić information content (AvgIpc) is 2.59. The van der Waals surface area contributed by atoms with Gasteiger partial charge in [0.2, 0.25) is 0 Å². The number of rotatable bonds is 2. The Balaban J connectivity index is 2.61. The van der Waals surface area contributed by atoms with Gasteiger partial charge in [-0.05, 0) is 29.7 Å². The molecule has 0 atom stereocenters. The number of hydrogen-bond acceptors (Lipinski definition) is 3. The van der Waals surface area contributed by atoms with E-state index in [1.807, 2.05) is 18.2 Å². The molecule has 0 spiro atoms. The number of halogens is 1. The zero-order chi connectivity index (χ0) is 9.26. The maximum Gasteiger partial charge on any atom is 0.120 e. The maximum absolute atomic E-state index is 5.13. The van der Waals surface area contributed by atoms with E-state index in [0.717, 1.165) is 16.8 Å². The van der Waals surface area contributed by atoms with Gasteiger partial charge in [-0.1, -0.05) is 15.9 Å². The fraction of sp³-hybridized carbons (Fsp3) is 0.222. The highest BCUT2D eigenvalue weighted by molar-refractivity contribution is 9.08. The van der Waals surface area contributed by atoms with Gasteiger partial charge in [0.1, 0.15) is 5.75 Å². The van der Waals surface area contributed by atoms with E-state index < -0.39 is 0 Å². The smallest absolute Gasteiger partial charge is 0.120 e. The first-order valence-electron chi connectivity index (χ1n) is 3.83. The Kier molecular flexibility index (Phi) is 2.51. The van der Waals surface area contributed by atoms with Gasteiger partial charge in [0, 0.05) is 10.7 Å². The maximum atomic E-state index is 5.13. The van der Waals surface area contributed by atoms with Crippen molar-refractivity contribution in [1.82, 2.24) is 4.37 Å². The lowest BCUT2D eigenvalue weighted by Gasteiger charge is -1.97. The van der Waals surface area contributed by atoms with Crippen molar-refractivity contribution in [1.29, 1.82) is 0 Å². The normalized spacial score (nSPS) is 10.6. The topological polar surface area (TPSA) is 22.1 Å². The Labute approximate surface area is 88.8 Å². The van der Waals surface area contributed by atoms with E-state index in [-0.39, 0.29) is 0 Å². The zero-order valence-electron chi connectivity index (χ0n) is 7.08. The van der Waals surface area contributed by atoms with E-state index in [1.165, 1.54) is 21.6 Å². The van der Waals surface area contributed by atoms with Gasteiger partial charge in [-0.3, -0.25) is 0 Å². The summed E-state index contributed by atoms with van der Waals surface area (Å²) in [5.74, 6) is 0.886. The first kappa shape index (κ1) is 8.97. The molecule has 0 amide bonds. The molecular weight excluding hydrogens is 250 g/mol. The minimum atomic E-state index is 0.805. The number of alkyl halides is 1. The molecule has 1 aromatic carbocycles. The number of ether oxygens (including phenoxy) is 1. The van der Waals surface area contributed by atoms with Gasteiger partial charge < -0.3 is 4.74 Å². The Morgan fingerprint density at radius 2 is 2.38 bits per heavy atom. The molecule has 0 N–H and O–H groups in total. The third-order valence-electron chi connectivity index (χ3n) is 1.88. The molecule has 13 heavy (non-hydrogen) atoms. The lowest BCUT2D eigenvalue weighted by atomic mass is 10.2. The number of nitrogens with zero attached hydrogens (tertiary/aromatic N) is 1. The molecular formula is C9H8BrNOS. The Hall–Kier alpha value is -0.610. The molecule has 0 saturated heterocycles. The molecule has 0 aliphatic carbocycles. The summed E-state index contributed by atoms with van der Waals surface area (Å²) in [6.45, 7) is 0. The van der Waals surface area contributed by atoms with Gasteiger partial charge in [-0.25, -0.2) is 0 Å². The zero-order valence-corrected chi connectivity index (χ0v) is 9.48. The van der Waals surface area contributed by atoms with Gasteiger partial charge in [-0.2, -0.15) is 4.37 Å². The van der Waals surface area contributed by atoms with E-state index >= 15 is 0 Å². The van der Waals surface area contributed by atoms with Gasteiger partial charge in [0.25, 0.3) is 0 Å². The van der Waals surface area contributed by atoms with E-state index in [0.29, 0.717) is 0 Å². The van der Waals surface area contributed by atoms with Gasteiger partial charge in [0.05, 0.1) is 17.5 Å². The second-order valence-electron chi connectivity index (χ2n) is 2.62. The van der Waals surface area contributed by atoms with Crippen LogP contribution in [-0.4, -0.2) is 11.5 Å². The number of benzene rings is 1. The Morgan fingerprint density at radius 3 is 3.08 bits per heavy atom. The van der Waals surface area contributed by atoms with Crippen LogP contribution >= 0.6 is 27.5 Å². The van der Waals surface area contributed by atoms with Crippen molar-refractivity contribution in [2.24, 2.45) is 0 Å². The molecule has 2 nitrogen and oxygen atoms in total. The first-order chi connectivity index (χ1) is 6.35. The minimum Gasteiger partial charge on any atom is -0.497 e. The van der Waals surface area contributed by atoms with Crippen LogP contribution in [0.2, 0.25) is 0 Å². The van der Waals surface area contributed by atoms with Gasteiger partial charge >= 0.3 is 0 Å². The molecule has 2 aromatic rings. The number of fused-ring (bicyclic) bond motifs is 1. The monoisotopic (exact) mass is 257 g/mol. The van der Waals surface area contributed by atoms with Crippen molar-refractivity contribution in [3.05, 3.63) is 23.9 Å². The predicted octanol–water partition coefficient (Wildman–Crippen LogP) is 3.20. The molecule has 1 aromatic heterocycles. The average molecular weight is 258 g/mol. The SMILES string of the molecule is COc1ccc2c(CBr)nsc2c1. The van der Waals surface area contributed by atoms with E-state index in [2.05, 4.69) is 20.3 Å². The molecule has 2 rings (SSSR count). The van der Waals surface area contributed by atoms with Crippen molar-refractivity contribution in [3.63, 3.8) is 0 Å². The molecule has 0 bridgehead atoms. The highest BCUT2D eigenvalue weighted by Crippen LogP contribution is 2.27. The summed E-state index contributed by atoms with van der Waals surface area (Å²) in [5.41, 5.74) is 1.10. The Morgan fingerprint density at radius 1 is 1.54 bits per heavy atom. The van der Waals surface area contributed by atoms with Gasteiger partial charge in [-0.15, -0.1) is 0 Å². The number of hydrogen-bond donors (Lipinski definition) is 0. The highest BCUT2D eigenvalue weighted by Gasteiger charge is 2.04. The van der Waals surface area contributed by atoms with Crippen molar-refractivity contribution in [2.45, 2.75) is 5.33 Å². The fourth-order valence-electron chi connectivity index (χ4n) is 1.19. The standard InChI is InChI=1S/C9H8BrNOS/c1-12-6-2-3-7-8(5-10)11-13-9(7)4-6/h2-4H,5H2,1H3. The lowest BCUT2D eigenvalue weighted by molar-refractivity contribution is 0.415. The van der Waals surface area contributed by atoms with Crippen LogP contribution in [0.3, 0.4) is 0 Å². The van der Waals surface area contributed by atoms with E-state index in [1.54, 1.807) is 7.11 Å². The van der Waals surface area contributed by atoms with E-state index in [4.69, 9.17) is 4.74 Å². The summed E-state index contributed by atoms with van der Waals surface area (Å²) in [4.78, 5) is 0. The quantitative estimate of drug-likeness (QED) is 0.772.